The first-order valence-corrected chi connectivity index (χ1v) is 8.23. The van der Waals surface area contributed by atoms with E-state index in [2.05, 4.69) is 12.0 Å². The normalized spacial score (nSPS) is 19.6. The highest BCUT2D eigenvalue weighted by Crippen LogP contribution is 2.33. The van der Waals surface area contributed by atoms with E-state index in [1.165, 1.54) is 0 Å². The van der Waals surface area contributed by atoms with E-state index in [1.807, 2.05) is 36.2 Å². The van der Waals surface area contributed by atoms with Crippen LogP contribution in [-0.2, 0) is 7.05 Å². The first-order chi connectivity index (χ1) is 11.5. The molecule has 0 saturated carbocycles. The highest BCUT2D eigenvalue weighted by molar-refractivity contribution is 6.00. The largest absolute Gasteiger partial charge is 0.496 e. The molecule has 25 heavy (non-hydrogen) atoms. The molecule has 3 rings (SSSR count). The number of ether oxygens (including phenoxy) is 1. The van der Waals surface area contributed by atoms with Crippen molar-refractivity contribution in [2.75, 3.05) is 20.2 Å². The third-order valence-electron chi connectivity index (χ3n) is 4.68. The fraction of sp³-hybridized carbons (Fsp3) is 0.444. The second kappa shape index (κ2) is 7.89. The number of benzene rings is 1. The number of nitrogens with two attached hydrogens (primary N) is 1. The predicted octanol–water partition coefficient (Wildman–Crippen LogP) is 2.33. The standard InChI is InChI=1S/C18H24N4O2.ClH/c1-12-8-13(9-19)10-22(12)18(23)15-11-21(2)20-17(15)14-6-4-5-7-16(14)24-3;/h4-7,11-13H,8-10,19H2,1-3H3;1H. The monoisotopic (exact) mass is 364 g/mol. The Morgan fingerprint density at radius 3 is 2.76 bits per heavy atom. The zero-order valence-electron chi connectivity index (χ0n) is 14.8. The molecule has 1 fully saturated rings. The van der Waals surface area contributed by atoms with Crippen molar-refractivity contribution >= 4 is 18.3 Å². The molecule has 0 bridgehead atoms. The minimum absolute atomic E-state index is 0. The van der Waals surface area contributed by atoms with Crippen LogP contribution < -0.4 is 10.5 Å². The lowest BCUT2D eigenvalue weighted by atomic mass is 10.1. The molecule has 7 heteroatoms. The molecule has 0 spiro atoms. The van der Waals surface area contributed by atoms with E-state index in [-0.39, 0.29) is 24.4 Å². The Morgan fingerprint density at radius 2 is 2.12 bits per heavy atom. The number of rotatable bonds is 4. The van der Waals surface area contributed by atoms with Gasteiger partial charge in [-0.3, -0.25) is 9.48 Å². The summed E-state index contributed by atoms with van der Waals surface area (Å²) >= 11 is 0. The number of amides is 1. The fourth-order valence-corrected chi connectivity index (χ4v) is 3.44. The Hall–Kier alpha value is -2.05. The Balaban J connectivity index is 0.00000225. The zero-order chi connectivity index (χ0) is 17.3. The Kier molecular flexibility index (Phi) is 6.08. The van der Waals surface area contributed by atoms with Gasteiger partial charge in [0.1, 0.15) is 11.4 Å². The predicted molar refractivity (Wildman–Crippen MR) is 100 cm³/mol. The molecule has 1 saturated heterocycles. The van der Waals surface area contributed by atoms with Gasteiger partial charge in [0.25, 0.3) is 5.91 Å². The molecule has 0 aliphatic carbocycles. The lowest BCUT2D eigenvalue weighted by Gasteiger charge is -2.21. The molecule has 2 aromatic rings. The number of carbonyl (C=O) groups is 1. The molecule has 0 radical (unpaired) electrons. The molecule has 2 N–H and O–H groups in total. The number of para-hydroxylation sites is 1. The maximum atomic E-state index is 13.1. The molecular weight excluding hydrogens is 340 g/mol. The number of hydrogen-bond donors (Lipinski definition) is 1. The highest BCUT2D eigenvalue weighted by atomic mass is 35.5. The summed E-state index contributed by atoms with van der Waals surface area (Å²) in [6.45, 7) is 3.39. The second-order valence-corrected chi connectivity index (χ2v) is 6.41. The number of methoxy groups -OCH3 is 1. The summed E-state index contributed by atoms with van der Waals surface area (Å²) in [5.41, 5.74) is 7.87. The van der Waals surface area contributed by atoms with Gasteiger partial charge in [-0.05, 0) is 37.9 Å². The van der Waals surface area contributed by atoms with Crippen molar-refractivity contribution in [3.63, 3.8) is 0 Å². The first kappa shape index (κ1) is 19.3. The van der Waals surface area contributed by atoms with E-state index in [0.717, 1.165) is 12.0 Å². The van der Waals surface area contributed by atoms with E-state index in [0.29, 0.717) is 36.0 Å². The molecule has 1 amide bonds. The summed E-state index contributed by atoms with van der Waals surface area (Å²) in [5.74, 6) is 1.09. The first-order valence-electron chi connectivity index (χ1n) is 8.23. The Bertz CT molecular complexity index is 746. The van der Waals surface area contributed by atoms with Gasteiger partial charge in [0, 0.05) is 31.4 Å². The van der Waals surface area contributed by atoms with Gasteiger partial charge in [-0.25, -0.2) is 0 Å². The van der Waals surface area contributed by atoms with Crippen molar-refractivity contribution in [1.29, 1.82) is 0 Å². The van der Waals surface area contributed by atoms with Crippen LogP contribution in [0.1, 0.15) is 23.7 Å². The third-order valence-corrected chi connectivity index (χ3v) is 4.68. The minimum atomic E-state index is 0. The molecule has 1 aromatic carbocycles. The molecule has 1 aliphatic heterocycles. The number of nitrogens with zero attached hydrogens (tertiary/aromatic N) is 3. The number of aryl methyl sites for hydroxylation is 1. The molecule has 2 unspecified atom stereocenters. The average molecular weight is 365 g/mol. The molecule has 1 aliphatic rings. The van der Waals surface area contributed by atoms with E-state index in [4.69, 9.17) is 10.5 Å². The average Bonchev–Trinajstić information content (AvgIpc) is 3.16. The SMILES string of the molecule is COc1ccccc1-c1nn(C)cc1C(=O)N1CC(CN)CC1C.Cl. The molecule has 1 aromatic heterocycles. The van der Waals surface area contributed by atoms with Crippen LogP contribution in [0.3, 0.4) is 0 Å². The fourth-order valence-electron chi connectivity index (χ4n) is 3.44. The Labute approximate surface area is 154 Å². The number of carbonyl (C=O) groups excluding carboxylic acids is 1. The summed E-state index contributed by atoms with van der Waals surface area (Å²) in [6, 6.07) is 7.82. The zero-order valence-corrected chi connectivity index (χ0v) is 15.6. The van der Waals surface area contributed by atoms with Crippen molar-refractivity contribution in [1.82, 2.24) is 14.7 Å². The molecule has 2 heterocycles. The van der Waals surface area contributed by atoms with Crippen LogP contribution in [0.5, 0.6) is 5.75 Å². The van der Waals surface area contributed by atoms with Crippen LogP contribution in [-0.4, -0.2) is 46.8 Å². The van der Waals surface area contributed by atoms with Gasteiger partial charge in [-0.15, -0.1) is 12.4 Å². The number of likely N-dealkylation sites (tertiary alicyclic amines) is 1. The lowest BCUT2D eigenvalue weighted by Crippen LogP contribution is -2.34. The molecule has 2 atom stereocenters. The summed E-state index contributed by atoms with van der Waals surface area (Å²) in [5, 5.41) is 4.51. The van der Waals surface area contributed by atoms with E-state index in [1.54, 1.807) is 18.0 Å². The van der Waals surface area contributed by atoms with Gasteiger partial charge in [-0.2, -0.15) is 5.10 Å². The van der Waals surface area contributed by atoms with Crippen LogP contribution >= 0.6 is 12.4 Å². The number of halogens is 1. The minimum Gasteiger partial charge on any atom is -0.496 e. The molecular formula is C18H25ClN4O2. The second-order valence-electron chi connectivity index (χ2n) is 6.41. The Morgan fingerprint density at radius 1 is 1.40 bits per heavy atom. The maximum Gasteiger partial charge on any atom is 0.257 e. The van der Waals surface area contributed by atoms with Gasteiger partial charge >= 0.3 is 0 Å². The van der Waals surface area contributed by atoms with Gasteiger partial charge < -0.3 is 15.4 Å². The number of hydrogen-bond acceptors (Lipinski definition) is 4. The lowest BCUT2D eigenvalue weighted by molar-refractivity contribution is 0.0744. The quantitative estimate of drug-likeness (QED) is 0.903. The third kappa shape index (κ3) is 3.65. The van der Waals surface area contributed by atoms with Crippen molar-refractivity contribution in [2.24, 2.45) is 18.7 Å². The van der Waals surface area contributed by atoms with Gasteiger partial charge in [0.15, 0.2) is 0 Å². The molecule has 136 valence electrons. The van der Waals surface area contributed by atoms with E-state index in [9.17, 15) is 4.79 Å². The van der Waals surface area contributed by atoms with Crippen molar-refractivity contribution in [3.05, 3.63) is 36.0 Å². The topological polar surface area (TPSA) is 73.4 Å². The summed E-state index contributed by atoms with van der Waals surface area (Å²) < 4.78 is 7.11. The van der Waals surface area contributed by atoms with Crippen LogP contribution in [0, 0.1) is 5.92 Å². The molecule has 6 nitrogen and oxygen atoms in total. The van der Waals surface area contributed by atoms with E-state index >= 15 is 0 Å². The van der Waals surface area contributed by atoms with Crippen LogP contribution in [0.25, 0.3) is 11.3 Å². The smallest absolute Gasteiger partial charge is 0.257 e. The van der Waals surface area contributed by atoms with Crippen molar-refractivity contribution in [2.45, 2.75) is 19.4 Å². The van der Waals surface area contributed by atoms with E-state index < -0.39 is 0 Å². The summed E-state index contributed by atoms with van der Waals surface area (Å²) in [7, 11) is 3.45. The number of aromatic nitrogens is 2. The summed E-state index contributed by atoms with van der Waals surface area (Å²) in [4.78, 5) is 15.0. The van der Waals surface area contributed by atoms with Gasteiger partial charge in [0.05, 0.1) is 12.7 Å². The van der Waals surface area contributed by atoms with Crippen molar-refractivity contribution in [3.8, 4) is 17.0 Å². The maximum absolute atomic E-state index is 13.1. The van der Waals surface area contributed by atoms with Gasteiger partial charge in [0.2, 0.25) is 0 Å². The van der Waals surface area contributed by atoms with Crippen LogP contribution in [0.2, 0.25) is 0 Å². The summed E-state index contributed by atoms with van der Waals surface area (Å²) in [6.07, 6.45) is 2.74. The highest BCUT2D eigenvalue weighted by Gasteiger charge is 2.34. The van der Waals surface area contributed by atoms with Crippen LogP contribution in [0.4, 0.5) is 0 Å². The van der Waals surface area contributed by atoms with Crippen molar-refractivity contribution < 1.29 is 9.53 Å². The van der Waals surface area contributed by atoms with Crippen LogP contribution in [0.15, 0.2) is 30.5 Å². The van der Waals surface area contributed by atoms with Gasteiger partial charge in [-0.1, -0.05) is 12.1 Å².